The number of nitrogens with zero attached hydrogens (tertiary/aromatic N) is 2. The van der Waals surface area contributed by atoms with E-state index in [4.69, 9.17) is 10.5 Å². The van der Waals surface area contributed by atoms with Gasteiger partial charge in [-0.2, -0.15) is 13.2 Å². The summed E-state index contributed by atoms with van der Waals surface area (Å²) in [5.41, 5.74) is 5.62. The number of aromatic nitrogens is 1. The predicted molar refractivity (Wildman–Crippen MR) is 105 cm³/mol. The van der Waals surface area contributed by atoms with Crippen LogP contribution in [0.4, 0.5) is 13.2 Å². The Labute approximate surface area is 177 Å². The SMILES string of the molecule is C=C1N[C@@H](C[C@H](C)C(F)(F)F)C(=O)N1C1CC2(CC(Oc3ncccc3C(N)=O)C2)C1. The van der Waals surface area contributed by atoms with Crippen molar-refractivity contribution in [3.8, 4) is 5.88 Å². The van der Waals surface area contributed by atoms with E-state index >= 15 is 0 Å². The summed E-state index contributed by atoms with van der Waals surface area (Å²) in [6.07, 6.45) is -0.201. The number of halogens is 3. The molecule has 1 saturated heterocycles. The zero-order chi connectivity index (χ0) is 22.6. The number of alkyl halides is 3. The zero-order valence-corrected chi connectivity index (χ0v) is 17.1. The van der Waals surface area contributed by atoms with Gasteiger partial charge in [-0.3, -0.25) is 14.5 Å². The average molecular weight is 438 g/mol. The number of carbonyl (C=O) groups is 2. The van der Waals surface area contributed by atoms with Gasteiger partial charge in [0.1, 0.15) is 23.5 Å². The van der Waals surface area contributed by atoms with Crippen molar-refractivity contribution in [2.75, 3.05) is 0 Å². The molecule has 7 nitrogen and oxygen atoms in total. The standard InChI is InChI=1S/C21H25F3N4O3/c1-11(21(22,23)24)6-16-19(30)28(12(2)27-16)13-7-20(8-13)9-14(10-20)31-18-15(17(25)29)4-3-5-26-18/h3-5,11,13-14,16,27H,2,6-10H2,1H3,(H2,25,29)/t11-,13?,14?,16-,20?/m0/s1. The number of ether oxygens (including phenoxy) is 1. The Hall–Kier alpha value is -2.78. The lowest BCUT2D eigenvalue weighted by molar-refractivity contribution is -0.173. The van der Waals surface area contributed by atoms with Gasteiger partial charge in [-0.05, 0) is 49.7 Å². The molecule has 3 N–H and O–H groups in total. The molecular formula is C21H25F3N4O3. The maximum absolute atomic E-state index is 12.9. The van der Waals surface area contributed by atoms with Crippen molar-refractivity contribution < 1.29 is 27.5 Å². The summed E-state index contributed by atoms with van der Waals surface area (Å²) >= 11 is 0. The van der Waals surface area contributed by atoms with Gasteiger partial charge in [0.15, 0.2) is 0 Å². The molecule has 3 fully saturated rings. The van der Waals surface area contributed by atoms with E-state index in [1.54, 1.807) is 12.1 Å². The van der Waals surface area contributed by atoms with Crippen LogP contribution in [0, 0.1) is 11.3 Å². The summed E-state index contributed by atoms with van der Waals surface area (Å²) in [5.74, 6) is -1.92. The number of hydrogen-bond acceptors (Lipinski definition) is 5. The Kier molecular flexibility index (Phi) is 5.13. The molecule has 1 aromatic rings. The molecular weight excluding hydrogens is 413 g/mol. The van der Waals surface area contributed by atoms with E-state index in [9.17, 15) is 22.8 Å². The summed E-state index contributed by atoms with van der Waals surface area (Å²) in [6.45, 7) is 4.92. The van der Waals surface area contributed by atoms with Crippen molar-refractivity contribution in [3.05, 3.63) is 36.3 Å². The third-order valence-electron chi connectivity index (χ3n) is 6.65. The van der Waals surface area contributed by atoms with Crippen LogP contribution in [0.5, 0.6) is 5.88 Å². The Morgan fingerprint density at radius 1 is 1.42 bits per heavy atom. The highest BCUT2D eigenvalue weighted by molar-refractivity contribution is 5.94. The van der Waals surface area contributed by atoms with E-state index in [2.05, 4.69) is 16.9 Å². The van der Waals surface area contributed by atoms with Crippen molar-refractivity contribution in [3.63, 3.8) is 0 Å². The first-order chi connectivity index (χ1) is 14.5. The van der Waals surface area contributed by atoms with Gasteiger partial charge < -0.3 is 15.8 Å². The topological polar surface area (TPSA) is 97.6 Å². The predicted octanol–water partition coefficient (Wildman–Crippen LogP) is 2.73. The maximum atomic E-state index is 12.9. The van der Waals surface area contributed by atoms with Crippen LogP contribution in [0.1, 0.15) is 49.4 Å². The Morgan fingerprint density at radius 3 is 2.71 bits per heavy atom. The summed E-state index contributed by atoms with van der Waals surface area (Å²) in [6, 6.07) is 2.21. The summed E-state index contributed by atoms with van der Waals surface area (Å²) in [7, 11) is 0. The molecule has 4 rings (SSSR count). The van der Waals surface area contributed by atoms with Crippen LogP contribution in [0.3, 0.4) is 0 Å². The Morgan fingerprint density at radius 2 is 2.10 bits per heavy atom. The van der Waals surface area contributed by atoms with Crippen molar-refractivity contribution in [1.82, 2.24) is 15.2 Å². The lowest BCUT2D eigenvalue weighted by Crippen LogP contribution is -2.59. The molecule has 10 heteroatoms. The van der Waals surface area contributed by atoms with Crippen molar-refractivity contribution >= 4 is 11.8 Å². The van der Waals surface area contributed by atoms with Crippen LogP contribution in [-0.4, -0.2) is 46.1 Å². The smallest absolute Gasteiger partial charge is 0.391 e. The fourth-order valence-electron chi connectivity index (χ4n) is 4.96. The van der Waals surface area contributed by atoms with E-state index in [0.29, 0.717) is 5.82 Å². The number of nitrogens with two attached hydrogens (primary N) is 1. The highest BCUT2D eigenvalue weighted by Gasteiger charge is 2.58. The van der Waals surface area contributed by atoms with Crippen LogP contribution in [0.15, 0.2) is 30.7 Å². The first kappa shape index (κ1) is 21.5. The molecule has 31 heavy (non-hydrogen) atoms. The molecule has 2 atom stereocenters. The molecule has 2 heterocycles. The molecule has 3 aliphatic rings. The molecule has 0 aromatic carbocycles. The van der Waals surface area contributed by atoms with Crippen molar-refractivity contribution in [2.45, 2.75) is 63.4 Å². The fraction of sp³-hybridized carbons (Fsp3) is 0.571. The van der Waals surface area contributed by atoms with Gasteiger partial charge in [-0.25, -0.2) is 4.98 Å². The van der Waals surface area contributed by atoms with Crippen LogP contribution in [-0.2, 0) is 4.79 Å². The van der Waals surface area contributed by atoms with Crippen LogP contribution < -0.4 is 15.8 Å². The van der Waals surface area contributed by atoms with Crippen LogP contribution >= 0.6 is 0 Å². The second-order valence-corrected chi connectivity index (χ2v) is 8.96. The first-order valence-electron chi connectivity index (χ1n) is 10.3. The largest absolute Gasteiger partial charge is 0.474 e. The van der Waals surface area contributed by atoms with E-state index in [1.807, 2.05) is 0 Å². The molecule has 2 amide bonds. The summed E-state index contributed by atoms with van der Waals surface area (Å²) in [4.78, 5) is 29.8. The second kappa shape index (κ2) is 7.42. The van der Waals surface area contributed by atoms with Gasteiger partial charge in [0, 0.05) is 12.2 Å². The number of rotatable bonds is 6. The molecule has 0 unspecified atom stereocenters. The van der Waals surface area contributed by atoms with Crippen molar-refractivity contribution in [1.29, 1.82) is 0 Å². The number of pyridine rings is 1. The third-order valence-corrected chi connectivity index (χ3v) is 6.65. The van der Waals surface area contributed by atoms with E-state index in [0.717, 1.165) is 32.6 Å². The molecule has 2 saturated carbocycles. The zero-order valence-electron chi connectivity index (χ0n) is 17.1. The van der Waals surface area contributed by atoms with Crippen LogP contribution in [0.2, 0.25) is 0 Å². The highest BCUT2D eigenvalue weighted by atomic mass is 19.4. The van der Waals surface area contributed by atoms with Gasteiger partial charge in [0.25, 0.3) is 11.8 Å². The normalized spacial score (nSPS) is 31.1. The van der Waals surface area contributed by atoms with Gasteiger partial charge in [0.2, 0.25) is 5.88 Å². The number of hydrogen-bond donors (Lipinski definition) is 2. The quantitative estimate of drug-likeness (QED) is 0.712. The molecule has 2 aliphatic carbocycles. The molecule has 168 valence electrons. The molecule has 1 spiro atoms. The minimum Gasteiger partial charge on any atom is -0.474 e. The van der Waals surface area contributed by atoms with E-state index in [1.165, 1.54) is 11.1 Å². The van der Waals surface area contributed by atoms with Gasteiger partial charge >= 0.3 is 6.18 Å². The average Bonchev–Trinajstić information content (AvgIpc) is 2.89. The number of primary amides is 1. The number of amides is 2. The summed E-state index contributed by atoms with van der Waals surface area (Å²) in [5, 5.41) is 2.83. The summed E-state index contributed by atoms with van der Waals surface area (Å²) < 4.78 is 44.4. The van der Waals surface area contributed by atoms with Crippen molar-refractivity contribution in [2.24, 2.45) is 17.1 Å². The first-order valence-corrected chi connectivity index (χ1v) is 10.3. The molecule has 0 bridgehead atoms. The second-order valence-electron chi connectivity index (χ2n) is 8.96. The lowest BCUT2D eigenvalue weighted by atomic mass is 9.52. The molecule has 0 radical (unpaired) electrons. The van der Waals surface area contributed by atoms with Crippen LogP contribution in [0.25, 0.3) is 0 Å². The highest BCUT2D eigenvalue weighted by Crippen LogP contribution is 2.58. The Balaban J connectivity index is 1.30. The van der Waals surface area contributed by atoms with Gasteiger partial charge in [-0.1, -0.05) is 13.5 Å². The molecule has 1 aliphatic heterocycles. The fourth-order valence-corrected chi connectivity index (χ4v) is 4.96. The molecule has 1 aromatic heterocycles. The number of carbonyl (C=O) groups excluding carboxylic acids is 2. The maximum Gasteiger partial charge on any atom is 0.391 e. The van der Waals surface area contributed by atoms with Gasteiger partial charge in [0.05, 0.1) is 5.92 Å². The Bertz CT molecular complexity index is 905. The number of nitrogens with one attached hydrogen (secondary N) is 1. The van der Waals surface area contributed by atoms with Gasteiger partial charge in [-0.15, -0.1) is 0 Å². The lowest BCUT2D eigenvalue weighted by Gasteiger charge is -2.58. The third kappa shape index (κ3) is 3.95. The minimum atomic E-state index is -4.33. The monoisotopic (exact) mass is 438 g/mol. The minimum absolute atomic E-state index is 0.0366. The van der Waals surface area contributed by atoms with E-state index < -0.39 is 24.0 Å². The van der Waals surface area contributed by atoms with E-state index in [-0.39, 0.29) is 41.3 Å².